The van der Waals surface area contributed by atoms with Gasteiger partial charge in [0.1, 0.15) is 6.54 Å². The first-order valence-electron chi connectivity index (χ1n) is 6.34. The Labute approximate surface area is 129 Å². The number of nitrogens with zero attached hydrogens (tertiary/aromatic N) is 5. The van der Waals surface area contributed by atoms with Crippen molar-refractivity contribution in [1.82, 2.24) is 25.1 Å². The Morgan fingerprint density at radius 1 is 1.38 bits per heavy atom. The van der Waals surface area contributed by atoms with Crippen LogP contribution in [0.25, 0.3) is 11.4 Å². The summed E-state index contributed by atoms with van der Waals surface area (Å²) in [7, 11) is 0. The van der Waals surface area contributed by atoms with E-state index in [1.54, 1.807) is 10.9 Å². The molecular weight excluding hydrogens is 336 g/mol. The average Bonchev–Trinajstić information content (AvgIpc) is 3.08. The van der Waals surface area contributed by atoms with Gasteiger partial charge in [0.25, 0.3) is 0 Å². The van der Waals surface area contributed by atoms with Gasteiger partial charge >= 0.3 is 0 Å². The van der Waals surface area contributed by atoms with Gasteiger partial charge in [0.15, 0.2) is 0 Å². The molecule has 8 heteroatoms. The molecule has 0 saturated heterocycles. The molecule has 2 N–H and O–H groups in total. The van der Waals surface area contributed by atoms with Crippen molar-refractivity contribution in [2.75, 3.05) is 0 Å². The second kappa shape index (κ2) is 5.74. The summed E-state index contributed by atoms with van der Waals surface area (Å²) in [6, 6.07) is 5.91. The maximum absolute atomic E-state index is 5.49. The first-order chi connectivity index (χ1) is 10.2. The highest BCUT2D eigenvalue weighted by Crippen LogP contribution is 2.23. The summed E-state index contributed by atoms with van der Waals surface area (Å²) in [5, 5.41) is 11.9. The van der Waals surface area contributed by atoms with Crippen molar-refractivity contribution >= 4 is 15.9 Å². The van der Waals surface area contributed by atoms with Gasteiger partial charge in [0.2, 0.25) is 11.7 Å². The van der Waals surface area contributed by atoms with Gasteiger partial charge in [0.05, 0.1) is 11.9 Å². The summed E-state index contributed by atoms with van der Waals surface area (Å²) < 4.78 is 7.90. The smallest absolute Gasteiger partial charge is 0.248 e. The predicted molar refractivity (Wildman–Crippen MR) is 79.2 cm³/mol. The van der Waals surface area contributed by atoms with Gasteiger partial charge in [-0.15, -0.1) is 5.10 Å². The maximum Gasteiger partial charge on any atom is 0.248 e. The van der Waals surface area contributed by atoms with Crippen LogP contribution >= 0.6 is 15.9 Å². The maximum atomic E-state index is 5.49. The molecule has 3 rings (SSSR count). The molecule has 0 amide bonds. The number of aromatic nitrogens is 5. The molecule has 3 aromatic rings. The summed E-state index contributed by atoms with van der Waals surface area (Å²) in [6.45, 7) is 2.73. The number of nitrogens with two attached hydrogens (primary N) is 1. The third-order valence-electron chi connectivity index (χ3n) is 2.99. The van der Waals surface area contributed by atoms with Crippen molar-refractivity contribution in [3.05, 3.63) is 46.0 Å². The van der Waals surface area contributed by atoms with E-state index in [1.807, 2.05) is 25.1 Å². The molecule has 7 nitrogen and oxygen atoms in total. The number of benzene rings is 1. The Hall–Kier alpha value is -2.06. The SMILES string of the molecule is Cc1cc(Br)ccc1-c1noc(Cn2cc(CN)nn2)n1. The van der Waals surface area contributed by atoms with Crippen molar-refractivity contribution in [3.63, 3.8) is 0 Å². The predicted octanol–water partition coefficient (Wildman–Crippen LogP) is 1.91. The molecular formula is C13H13BrN6O. The minimum Gasteiger partial charge on any atom is -0.337 e. The Bertz CT molecular complexity index is 766. The highest BCUT2D eigenvalue weighted by atomic mass is 79.9. The van der Waals surface area contributed by atoms with E-state index >= 15 is 0 Å². The number of hydrogen-bond donors (Lipinski definition) is 1. The molecule has 0 saturated carbocycles. The van der Waals surface area contributed by atoms with Gasteiger partial charge in [-0.3, -0.25) is 0 Å². The minimum atomic E-state index is 0.354. The van der Waals surface area contributed by atoms with Crippen LogP contribution < -0.4 is 5.73 Å². The molecule has 0 aliphatic carbocycles. The molecule has 0 unspecified atom stereocenters. The minimum absolute atomic E-state index is 0.354. The van der Waals surface area contributed by atoms with E-state index in [1.165, 1.54) is 0 Å². The quantitative estimate of drug-likeness (QED) is 0.773. The zero-order valence-corrected chi connectivity index (χ0v) is 12.9. The van der Waals surface area contributed by atoms with Crippen molar-refractivity contribution in [1.29, 1.82) is 0 Å². The lowest BCUT2D eigenvalue weighted by atomic mass is 10.1. The van der Waals surface area contributed by atoms with Crippen molar-refractivity contribution < 1.29 is 4.52 Å². The lowest BCUT2D eigenvalue weighted by Crippen LogP contribution is -2.01. The van der Waals surface area contributed by atoms with Crippen LogP contribution in [0.5, 0.6) is 0 Å². The number of rotatable bonds is 4. The van der Waals surface area contributed by atoms with Gasteiger partial charge in [-0.25, -0.2) is 4.68 Å². The first kappa shape index (κ1) is 13.9. The molecule has 0 aliphatic heterocycles. The molecule has 108 valence electrons. The highest BCUT2D eigenvalue weighted by Gasteiger charge is 2.12. The molecule has 0 aliphatic rings. The Kier molecular flexibility index (Phi) is 3.80. The summed E-state index contributed by atoms with van der Waals surface area (Å²) in [6.07, 6.45) is 1.76. The molecule has 0 atom stereocenters. The largest absolute Gasteiger partial charge is 0.337 e. The van der Waals surface area contributed by atoms with E-state index in [4.69, 9.17) is 10.3 Å². The molecule has 21 heavy (non-hydrogen) atoms. The molecule has 0 radical (unpaired) electrons. The zero-order chi connectivity index (χ0) is 14.8. The van der Waals surface area contributed by atoms with Gasteiger partial charge < -0.3 is 10.3 Å². The van der Waals surface area contributed by atoms with Crippen LogP contribution in [-0.2, 0) is 13.1 Å². The lowest BCUT2D eigenvalue weighted by molar-refractivity contribution is 0.364. The van der Waals surface area contributed by atoms with Crippen LogP contribution in [0.2, 0.25) is 0 Å². The Morgan fingerprint density at radius 2 is 2.24 bits per heavy atom. The van der Waals surface area contributed by atoms with Crippen LogP contribution in [0.15, 0.2) is 33.4 Å². The lowest BCUT2D eigenvalue weighted by Gasteiger charge is -2.00. The second-order valence-corrected chi connectivity index (χ2v) is 5.50. The van der Waals surface area contributed by atoms with E-state index in [-0.39, 0.29) is 0 Å². The molecule has 0 spiro atoms. The third kappa shape index (κ3) is 3.01. The summed E-state index contributed by atoms with van der Waals surface area (Å²) >= 11 is 3.43. The zero-order valence-electron chi connectivity index (χ0n) is 11.3. The molecule has 2 aromatic heterocycles. The monoisotopic (exact) mass is 348 g/mol. The summed E-state index contributed by atoms with van der Waals surface area (Å²) in [5.41, 5.74) is 8.23. The number of halogens is 1. The van der Waals surface area contributed by atoms with Gasteiger partial charge in [0, 0.05) is 16.6 Å². The van der Waals surface area contributed by atoms with Crippen LogP contribution in [0.4, 0.5) is 0 Å². The number of aryl methyl sites for hydroxylation is 1. The number of hydrogen-bond acceptors (Lipinski definition) is 6. The molecule has 0 bridgehead atoms. The van der Waals surface area contributed by atoms with Crippen molar-refractivity contribution in [2.45, 2.75) is 20.0 Å². The Balaban J connectivity index is 1.82. The molecule has 0 fully saturated rings. The normalized spacial score (nSPS) is 11.0. The highest BCUT2D eigenvalue weighted by molar-refractivity contribution is 9.10. The van der Waals surface area contributed by atoms with E-state index < -0.39 is 0 Å². The van der Waals surface area contributed by atoms with Crippen LogP contribution in [0, 0.1) is 6.92 Å². The first-order valence-corrected chi connectivity index (χ1v) is 7.13. The van der Waals surface area contributed by atoms with E-state index in [0.717, 1.165) is 21.3 Å². The fraction of sp³-hybridized carbons (Fsp3) is 0.231. The Morgan fingerprint density at radius 3 is 2.95 bits per heavy atom. The summed E-state index contributed by atoms with van der Waals surface area (Å²) in [5.74, 6) is 1.04. The van der Waals surface area contributed by atoms with E-state index in [0.29, 0.717) is 24.8 Å². The summed E-state index contributed by atoms with van der Waals surface area (Å²) in [4.78, 5) is 4.39. The van der Waals surface area contributed by atoms with Crippen molar-refractivity contribution in [2.24, 2.45) is 5.73 Å². The van der Waals surface area contributed by atoms with Crippen LogP contribution in [0.3, 0.4) is 0 Å². The van der Waals surface area contributed by atoms with E-state index in [2.05, 4.69) is 36.4 Å². The third-order valence-corrected chi connectivity index (χ3v) is 3.48. The van der Waals surface area contributed by atoms with Gasteiger partial charge in [-0.2, -0.15) is 4.98 Å². The van der Waals surface area contributed by atoms with E-state index in [9.17, 15) is 0 Å². The average molecular weight is 349 g/mol. The standard InChI is InChI=1S/C13H13BrN6O/c1-8-4-9(14)2-3-11(8)13-16-12(21-18-13)7-20-6-10(5-15)17-19-20/h2-4,6H,5,7,15H2,1H3. The van der Waals surface area contributed by atoms with Crippen LogP contribution in [0.1, 0.15) is 17.1 Å². The topological polar surface area (TPSA) is 95.7 Å². The van der Waals surface area contributed by atoms with Gasteiger partial charge in [-0.1, -0.05) is 26.3 Å². The molecule has 1 aromatic carbocycles. The molecule has 2 heterocycles. The fourth-order valence-corrected chi connectivity index (χ4v) is 2.43. The fourth-order valence-electron chi connectivity index (χ4n) is 1.95. The van der Waals surface area contributed by atoms with Gasteiger partial charge in [-0.05, 0) is 30.7 Å². The van der Waals surface area contributed by atoms with Crippen molar-refractivity contribution in [3.8, 4) is 11.4 Å². The second-order valence-electron chi connectivity index (χ2n) is 4.58. The van der Waals surface area contributed by atoms with Crippen LogP contribution in [-0.4, -0.2) is 25.1 Å².